The molecule has 0 atom stereocenters. The van der Waals surface area contributed by atoms with Crippen LogP contribution in [0.5, 0.6) is 0 Å². The first kappa shape index (κ1) is 6.95. The lowest BCUT2D eigenvalue weighted by molar-refractivity contribution is 0.167. The van der Waals surface area contributed by atoms with Gasteiger partial charge in [0.1, 0.15) is 0 Å². The highest BCUT2D eigenvalue weighted by Gasteiger charge is 1.75. The van der Waals surface area contributed by atoms with Gasteiger partial charge in [-0.2, -0.15) is 0 Å². The van der Waals surface area contributed by atoms with Gasteiger partial charge in [-0.15, -0.1) is 0 Å². The quantitative estimate of drug-likeness (QED) is 0.554. The molecule has 0 spiro atoms. The molecular weight excluding hydrogens is 114 g/mol. The summed E-state index contributed by atoms with van der Waals surface area (Å²) in [7, 11) is 0. The number of halogens is 1. The maximum absolute atomic E-state index is 5.38. The number of rotatable bonds is 2. The minimum atomic E-state index is 0.384. The predicted molar refractivity (Wildman–Crippen MR) is 29.7 cm³/mol. The van der Waals surface area contributed by atoms with Gasteiger partial charge in [0, 0.05) is 5.03 Å². The number of hydrogen-bond acceptors (Lipinski definition) is 2. The van der Waals surface area contributed by atoms with Crippen LogP contribution < -0.4 is 5.90 Å². The summed E-state index contributed by atoms with van der Waals surface area (Å²) in [4.78, 5) is 4.19. The Balaban J connectivity index is 3.08. The van der Waals surface area contributed by atoms with Crippen molar-refractivity contribution in [3.63, 3.8) is 0 Å². The van der Waals surface area contributed by atoms with Gasteiger partial charge in [0.25, 0.3) is 0 Å². The van der Waals surface area contributed by atoms with Gasteiger partial charge in [-0.25, -0.2) is 5.90 Å². The lowest BCUT2D eigenvalue weighted by Crippen LogP contribution is -1.97. The van der Waals surface area contributed by atoms with E-state index in [4.69, 9.17) is 11.6 Å². The van der Waals surface area contributed by atoms with Gasteiger partial charge in [0.05, 0.1) is 6.61 Å². The zero-order valence-corrected chi connectivity index (χ0v) is 4.90. The van der Waals surface area contributed by atoms with E-state index >= 15 is 0 Å². The van der Waals surface area contributed by atoms with Crippen LogP contribution in [-0.4, -0.2) is 6.61 Å². The molecule has 7 heavy (non-hydrogen) atoms. The minimum Gasteiger partial charge on any atom is -0.300 e. The summed E-state index contributed by atoms with van der Waals surface area (Å²) in [6.07, 6.45) is 1.68. The maximum Gasteiger partial charge on any atom is 0.0874 e. The molecule has 0 aliphatic carbocycles. The van der Waals surface area contributed by atoms with Crippen molar-refractivity contribution in [3.05, 3.63) is 11.1 Å². The van der Waals surface area contributed by atoms with E-state index in [0.29, 0.717) is 11.6 Å². The number of allylic oxidation sites excluding steroid dienone is 1. The van der Waals surface area contributed by atoms with Crippen LogP contribution in [0, 0.1) is 0 Å². The first-order valence-electron chi connectivity index (χ1n) is 1.91. The average Bonchev–Trinajstić information content (AvgIpc) is 1.61. The molecule has 0 radical (unpaired) electrons. The lowest BCUT2D eigenvalue weighted by Gasteiger charge is -1.85. The van der Waals surface area contributed by atoms with Crippen LogP contribution >= 0.6 is 11.6 Å². The van der Waals surface area contributed by atoms with Crippen molar-refractivity contribution in [3.8, 4) is 0 Å². The molecule has 3 heteroatoms. The first-order chi connectivity index (χ1) is 3.27. The zero-order valence-electron chi connectivity index (χ0n) is 4.15. The summed E-state index contributed by atoms with van der Waals surface area (Å²) in [5.74, 6) is 4.67. The summed E-state index contributed by atoms with van der Waals surface area (Å²) in [5, 5.41) is 0.699. The summed E-state index contributed by atoms with van der Waals surface area (Å²) in [5.41, 5.74) is 0. The monoisotopic (exact) mass is 121 g/mol. The van der Waals surface area contributed by atoms with Gasteiger partial charge >= 0.3 is 0 Å². The molecule has 0 aromatic heterocycles. The molecule has 0 rings (SSSR count). The Morgan fingerprint density at radius 2 is 2.57 bits per heavy atom. The van der Waals surface area contributed by atoms with Crippen LogP contribution in [0.25, 0.3) is 0 Å². The largest absolute Gasteiger partial charge is 0.300 e. The van der Waals surface area contributed by atoms with E-state index in [2.05, 4.69) is 10.7 Å². The van der Waals surface area contributed by atoms with E-state index in [9.17, 15) is 0 Å². The molecule has 0 unspecified atom stereocenters. The second-order valence-corrected chi connectivity index (χ2v) is 1.72. The van der Waals surface area contributed by atoms with Gasteiger partial charge in [0.2, 0.25) is 0 Å². The molecule has 0 heterocycles. The Labute approximate surface area is 47.9 Å². The van der Waals surface area contributed by atoms with E-state index in [-0.39, 0.29) is 0 Å². The van der Waals surface area contributed by atoms with Crippen molar-refractivity contribution in [1.82, 2.24) is 0 Å². The van der Waals surface area contributed by atoms with Crippen molar-refractivity contribution in [2.24, 2.45) is 5.90 Å². The smallest absolute Gasteiger partial charge is 0.0874 e. The first-order valence-corrected chi connectivity index (χ1v) is 2.29. The molecule has 0 saturated carbocycles. The van der Waals surface area contributed by atoms with Gasteiger partial charge in [-0.1, -0.05) is 11.6 Å². The van der Waals surface area contributed by atoms with Crippen LogP contribution in [-0.2, 0) is 4.84 Å². The SMILES string of the molecule is C/C(Cl)=C/CON. The van der Waals surface area contributed by atoms with Crippen LogP contribution in [0.3, 0.4) is 0 Å². The maximum atomic E-state index is 5.38. The van der Waals surface area contributed by atoms with Crippen LogP contribution in [0.15, 0.2) is 11.1 Å². The molecule has 0 bridgehead atoms. The van der Waals surface area contributed by atoms with Crippen molar-refractivity contribution < 1.29 is 4.84 Å². The molecule has 2 nitrogen and oxygen atoms in total. The third kappa shape index (κ3) is 5.95. The topological polar surface area (TPSA) is 35.2 Å². The molecule has 42 valence electrons. The fourth-order valence-electron chi connectivity index (χ4n) is 0.163. The van der Waals surface area contributed by atoms with E-state index in [0.717, 1.165) is 0 Å². The Kier molecular flexibility index (Phi) is 4.09. The number of nitrogens with two attached hydrogens (primary N) is 1. The second-order valence-electron chi connectivity index (χ2n) is 1.12. The van der Waals surface area contributed by atoms with Crippen molar-refractivity contribution >= 4 is 11.6 Å². The van der Waals surface area contributed by atoms with Gasteiger partial charge in [0.15, 0.2) is 0 Å². The molecule has 0 fully saturated rings. The Hall–Kier alpha value is -0.0500. The molecule has 0 saturated heterocycles. The number of hydrogen-bond donors (Lipinski definition) is 1. The van der Waals surface area contributed by atoms with Crippen molar-refractivity contribution in [2.45, 2.75) is 6.92 Å². The van der Waals surface area contributed by atoms with Crippen LogP contribution in [0.1, 0.15) is 6.92 Å². The van der Waals surface area contributed by atoms with Crippen LogP contribution in [0.2, 0.25) is 0 Å². The second kappa shape index (κ2) is 4.12. The van der Waals surface area contributed by atoms with Gasteiger partial charge < -0.3 is 4.84 Å². The standard InChI is InChI=1S/C4H8ClNO/c1-4(5)2-3-7-6/h2H,3,6H2,1H3/b4-2-. The Morgan fingerprint density at radius 1 is 2.00 bits per heavy atom. The molecule has 0 aromatic rings. The molecular formula is C4H8ClNO. The predicted octanol–water partition coefficient (Wildman–Crippen LogP) is 1.02. The zero-order chi connectivity index (χ0) is 5.70. The molecule has 0 aliphatic rings. The highest BCUT2D eigenvalue weighted by atomic mass is 35.5. The lowest BCUT2D eigenvalue weighted by atomic mass is 10.5. The van der Waals surface area contributed by atoms with Crippen molar-refractivity contribution in [1.29, 1.82) is 0 Å². The van der Waals surface area contributed by atoms with E-state index in [1.165, 1.54) is 0 Å². The third-order valence-electron chi connectivity index (χ3n) is 0.461. The minimum absolute atomic E-state index is 0.384. The fraction of sp³-hybridized carbons (Fsp3) is 0.500. The average molecular weight is 122 g/mol. The van der Waals surface area contributed by atoms with E-state index in [1.54, 1.807) is 13.0 Å². The van der Waals surface area contributed by atoms with E-state index < -0.39 is 0 Å². The molecule has 2 N–H and O–H groups in total. The van der Waals surface area contributed by atoms with Gasteiger partial charge in [-0.05, 0) is 13.0 Å². The Morgan fingerprint density at radius 3 is 2.71 bits per heavy atom. The van der Waals surface area contributed by atoms with E-state index in [1.807, 2.05) is 0 Å². The fourth-order valence-corrected chi connectivity index (χ4v) is 0.226. The van der Waals surface area contributed by atoms with Gasteiger partial charge in [-0.3, -0.25) is 0 Å². The van der Waals surface area contributed by atoms with Crippen LogP contribution in [0.4, 0.5) is 0 Å². The summed E-state index contributed by atoms with van der Waals surface area (Å²) >= 11 is 5.38. The summed E-state index contributed by atoms with van der Waals surface area (Å²) < 4.78 is 0. The normalized spacial score (nSPS) is 12.1. The third-order valence-corrected chi connectivity index (χ3v) is 0.615. The summed E-state index contributed by atoms with van der Waals surface area (Å²) in [6, 6.07) is 0. The molecule has 0 aromatic carbocycles. The molecule has 0 aliphatic heterocycles. The highest BCUT2D eigenvalue weighted by molar-refractivity contribution is 6.29. The molecule has 0 amide bonds. The van der Waals surface area contributed by atoms with Crippen molar-refractivity contribution in [2.75, 3.05) is 6.61 Å². The Bertz CT molecular complexity index is 68.1. The summed E-state index contributed by atoms with van der Waals surface area (Å²) in [6.45, 7) is 2.15. The highest BCUT2D eigenvalue weighted by Crippen LogP contribution is 1.95.